The lowest BCUT2D eigenvalue weighted by atomic mass is 9.65. The van der Waals surface area contributed by atoms with E-state index < -0.39 is 0 Å². The first-order chi connectivity index (χ1) is 7.73. The van der Waals surface area contributed by atoms with Crippen molar-refractivity contribution in [2.45, 2.75) is 91.4 Å². The lowest BCUT2D eigenvalue weighted by Crippen LogP contribution is -2.29. The Kier molecular flexibility index (Phi) is 6.46. The van der Waals surface area contributed by atoms with Crippen LogP contribution in [-0.2, 0) is 0 Å². The molecular weight excluding hydrogens is 192 g/mol. The first-order valence-electron chi connectivity index (χ1n) is 7.73. The Balaban J connectivity index is 2.51. The van der Waals surface area contributed by atoms with Crippen LogP contribution in [0.5, 0.6) is 0 Å². The van der Waals surface area contributed by atoms with Crippen LogP contribution in [0.2, 0.25) is 0 Å². The molecule has 0 atom stereocenters. The van der Waals surface area contributed by atoms with Crippen molar-refractivity contribution < 1.29 is 0 Å². The molecule has 0 aliphatic heterocycles. The zero-order valence-corrected chi connectivity index (χ0v) is 11.9. The highest BCUT2D eigenvalue weighted by Gasteiger charge is 2.33. The minimum Gasteiger partial charge on any atom is -0.0654 e. The Labute approximate surface area is 103 Å². The highest BCUT2D eigenvalue weighted by Crippen LogP contribution is 2.45. The van der Waals surface area contributed by atoms with E-state index in [1.165, 1.54) is 70.6 Å². The predicted molar refractivity (Wildman–Crippen MR) is 73.7 cm³/mol. The maximum Gasteiger partial charge on any atom is -0.0298 e. The summed E-state index contributed by atoms with van der Waals surface area (Å²) in [7, 11) is 0. The fourth-order valence-electron chi connectivity index (χ4n) is 3.49. The molecule has 0 heteroatoms. The molecule has 0 heterocycles. The van der Waals surface area contributed by atoms with Gasteiger partial charge in [0.25, 0.3) is 0 Å². The van der Waals surface area contributed by atoms with Crippen LogP contribution in [-0.4, -0.2) is 0 Å². The molecule has 1 aliphatic carbocycles. The second-order valence-electron chi connectivity index (χ2n) is 6.20. The second-order valence-corrected chi connectivity index (χ2v) is 6.20. The summed E-state index contributed by atoms with van der Waals surface area (Å²) >= 11 is 0. The predicted octanol–water partition coefficient (Wildman–Crippen LogP) is 5.95. The van der Waals surface area contributed by atoms with E-state index in [1.54, 1.807) is 0 Å². The molecule has 0 unspecified atom stereocenters. The van der Waals surface area contributed by atoms with Crippen molar-refractivity contribution in [3.05, 3.63) is 0 Å². The summed E-state index contributed by atoms with van der Waals surface area (Å²) in [6.07, 6.45) is 16.1. The van der Waals surface area contributed by atoms with E-state index in [0.29, 0.717) is 5.41 Å². The lowest BCUT2D eigenvalue weighted by molar-refractivity contribution is 0.107. The molecule has 0 nitrogen and oxygen atoms in total. The monoisotopic (exact) mass is 224 g/mol. The summed E-state index contributed by atoms with van der Waals surface area (Å²) in [5, 5.41) is 0. The van der Waals surface area contributed by atoms with Crippen LogP contribution in [0.25, 0.3) is 0 Å². The normalized spacial score (nSPS) is 18.9. The van der Waals surface area contributed by atoms with Crippen LogP contribution in [0.3, 0.4) is 0 Å². The van der Waals surface area contributed by atoms with Gasteiger partial charge in [-0.1, -0.05) is 65.7 Å². The van der Waals surface area contributed by atoms with E-state index in [2.05, 4.69) is 20.8 Å². The van der Waals surface area contributed by atoms with Crippen LogP contribution in [0.15, 0.2) is 0 Å². The van der Waals surface area contributed by atoms with E-state index in [9.17, 15) is 0 Å². The van der Waals surface area contributed by atoms with E-state index in [0.717, 1.165) is 5.92 Å². The molecule has 0 aromatic heterocycles. The Hall–Kier alpha value is 0. The topological polar surface area (TPSA) is 0 Å². The Bertz CT molecular complexity index is 157. The Morgan fingerprint density at radius 3 is 1.81 bits per heavy atom. The molecule has 0 N–H and O–H groups in total. The van der Waals surface area contributed by atoms with Gasteiger partial charge in [-0.2, -0.15) is 0 Å². The number of rotatable bonds is 7. The van der Waals surface area contributed by atoms with Gasteiger partial charge in [0.1, 0.15) is 0 Å². The zero-order chi connectivity index (χ0) is 11.9. The molecular formula is C16H32. The van der Waals surface area contributed by atoms with Gasteiger partial charge in [0.05, 0.1) is 0 Å². The largest absolute Gasteiger partial charge is 0.0654 e. The molecule has 0 amide bonds. The van der Waals surface area contributed by atoms with Crippen molar-refractivity contribution in [1.29, 1.82) is 0 Å². The van der Waals surface area contributed by atoms with E-state index in [-0.39, 0.29) is 0 Å². The van der Waals surface area contributed by atoms with Gasteiger partial charge < -0.3 is 0 Å². The molecule has 1 saturated carbocycles. The Morgan fingerprint density at radius 1 is 0.875 bits per heavy atom. The van der Waals surface area contributed by atoms with Gasteiger partial charge in [-0.25, -0.2) is 0 Å². The minimum atomic E-state index is 0.673. The SMILES string of the molecule is CCCCC(C)(CCCC)C1CCCCC1. The van der Waals surface area contributed by atoms with Gasteiger partial charge in [-0.3, -0.25) is 0 Å². The fourth-order valence-corrected chi connectivity index (χ4v) is 3.49. The third-order valence-corrected chi connectivity index (χ3v) is 4.79. The zero-order valence-electron chi connectivity index (χ0n) is 11.9. The molecule has 96 valence electrons. The van der Waals surface area contributed by atoms with Crippen molar-refractivity contribution in [2.24, 2.45) is 11.3 Å². The first-order valence-corrected chi connectivity index (χ1v) is 7.73. The fraction of sp³-hybridized carbons (Fsp3) is 1.00. The molecule has 0 spiro atoms. The number of hydrogen-bond acceptors (Lipinski definition) is 0. The van der Waals surface area contributed by atoms with Crippen molar-refractivity contribution in [3.8, 4) is 0 Å². The molecule has 0 aromatic carbocycles. The molecule has 1 rings (SSSR count). The summed E-state index contributed by atoms with van der Waals surface area (Å²) in [5.41, 5.74) is 0.673. The highest BCUT2D eigenvalue weighted by molar-refractivity contribution is 4.84. The van der Waals surface area contributed by atoms with Crippen LogP contribution < -0.4 is 0 Å². The van der Waals surface area contributed by atoms with Gasteiger partial charge in [0, 0.05) is 0 Å². The average Bonchev–Trinajstić information content (AvgIpc) is 2.35. The lowest BCUT2D eigenvalue weighted by Gasteiger charge is -2.40. The molecule has 0 bridgehead atoms. The van der Waals surface area contributed by atoms with Crippen LogP contribution >= 0.6 is 0 Å². The number of hydrogen-bond donors (Lipinski definition) is 0. The van der Waals surface area contributed by atoms with Crippen LogP contribution in [0, 0.1) is 11.3 Å². The smallest absolute Gasteiger partial charge is 0.0298 e. The highest BCUT2D eigenvalue weighted by atomic mass is 14.4. The summed E-state index contributed by atoms with van der Waals surface area (Å²) in [4.78, 5) is 0. The number of unbranched alkanes of at least 4 members (excludes halogenated alkanes) is 2. The van der Waals surface area contributed by atoms with Crippen LogP contribution in [0.1, 0.15) is 91.4 Å². The molecule has 1 fully saturated rings. The van der Waals surface area contributed by atoms with Crippen molar-refractivity contribution in [2.75, 3.05) is 0 Å². The second kappa shape index (κ2) is 7.35. The third kappa shape index (κ3) is 4.11. The van der Waals surface area contributed by atoms with Crippen molar-refractivity contribution in [3.63, 3.8) is 0 Å². The maximum atomic E-state index is 2.59. The average molecular weight is 224 g/mol. The molecule has 0 radical (unpaired) electrons. The third-order valence-electron chi connectivity index (χ3n) is 4.79. The summed E-state index contributed by atoms with van der Waals surface area (Å²) in [5.74, 6) is 1.04. The van der Waals surface area contributed by atoms with Gasteiger partial charge in [0.15, 0.2) is 0 Å². The molecule has 0 saturated heterocycles. The maximum absolute atomic E-state index is 2.59. The quantitative estimate of drug-likeness (QED) is 0.501. The van der Waals surface area contributed by atoms with Gasteiger partial charge in [0.2, 0.25) is 0 Å². The van der Waals surface area contributed by atoms with Gasteiger partial charge in [-0.15, -0.1) is 0 Å². The Morgan fingerprint density at radius 2 is 1.38 bits per heavy atom. The summed E-state index contributed by atoms with van der Waals surface area (Å²) in [6.45, 7) is 7.26. The van der Waals surface area contributed by atoms with E-state index >= 15 is 0 Å². The minimum absolute atomic E-state index is 0.673. The van der Waals surface area contributed by atoms with E-state index in [1.807, 2.05) is 0 Å². The summed E-state index contributed by atoms with van der Waals surface area (Å²) < 4.78 is 0. The standard InChI is InChI=1S/C16H32/c1-4-6-13-16(3,14-7-5-2)15-11-9-8-10-12-15/h15H,4-14H2,1-3H3. The van der Waals surface area contributed by atoms with Gasteiger partial charge in [-0.05, 0) is 37.0 Å². The molecule has 0 aromatic rings. The summed E-state index contributed by atoms with van der Waals surface area (Å²) in [6, 6.07) is 0. The first kappa shape index (κ1) is 14.1. The van der Waals surface area contributed by atoms with Crippen molar-refractivity contribution >= 4 is 0 Å². The van der Waals surface area contributed by atoms with Crippen molar-refractivity contribution in [1.82, 2.24) is 0 Å². The van der Waals surface area contributed by atoms with Crippen LogP contribution in [0.4, 0.5) is 0 Å². The van der Waals surface area contributed by atoms with Gasteiger partial charge >= 0.3 is 0 Å². The molecule has 16 heavy (non-hydrogen) atoms. The molecule has 1 aliphatic rings. The van der Waals surface area contributed by atoms with E-state index in [4.69, 9.17) is 0 Å².